The molecule has 0 bridgehead atoms. The van der Waals surface area contributed by atoms with Crippen LogP contribution in [0.15, 0.2) is 0 Å². The molecule has 3 heteroatoms. The largest absolute Gasteiger partial charge is 0.380 e. The summed E-state index contributed by atoms with van der Waals surface area (Å²) in [6.07, 6.45) is 4.39. The maximum absolute atomic E-state index is 5.35. The SMILES string of the molecule is CCSC1CCCC1NC(C)C(C)OC. The van der Waals surface area contributed by atoms with Crippen LogP contribution < -0.4 is 5.32 Å². The van der Waals surface area contributed by atoms with Crippen LogP contribution in [0, 0.1) is 0 Å². The van der Waals surface area contributed by atoms with Gasteiger partial charge in [-0.15, -0.1) is 0 Å². The van der Waals surface area contributed by atoms with Crippen molar-refractivity contribution in [3.63, 3.8) is 0 Å². The Morgan fingerprint density at radius 3 is 2.73 bits per heavy atom. The van der Waals surface area contributed by atoms with Gasteiger partial charge in [0, 0.05) is 24.4 Å². The van der Waals surface area contributed by atoms with Crippen LogP contribution in [0.3, 0.4) is 0 Å². The highest BCUT2D eigenvalue weighted by Crippen LogP contribution is 2.30. The Bertz CT molecular complexity index is 177. The molecule has 0 spiro atoms. The van der Waals surface area contributed by atoms with E-state index in [1.54, 1.807) is 7.11 Å². The molecule has 0 amide bonds. The Labute approximate surface area is 98.5 Å². The molecule has 0 heterocycles. The van der Waals surface area contributed by atoms with Crippen molar-refractivity contribution in [1.29, 1.82) is 0 Å². The minimum absolute atomic E-state index is 0.304. The molecule has 2 nitrogen and oxygen atoms in total. The number of methoxy groups -OCH3 is 1. The summed E-state index contributed by atoms with van der Waals surface area (Å²) >= 11 is 2.10. The number of hydrogen-bond acceptors (Lipinski definition) is 3. The lowest BCUT2D eigenvalue weighted by molar-refractivity contribution is 0.0849. The quantitative estimate of drug-likeness (QED) is 0.759. The van der Waals surface area contributed by atoms with Crippen molar-refractivity contribution in [2.24, 2.45) is 0 Å². The van der Waals surface area contributed by atoms with Crippen molar-refractivity contribution in [2.75, 3.05) is 12.9 Å². The van der Waals surface area contributed by atoms with Crippen molar-refractivity contribution < 1.29 is 4.74 Å². The molecule has 1 aliphatic carbocycles. The molecule has 1 rings (SSSR count). The van der Waals surface area contributed by atoms with Crippen LogP contribution in [0.5, 0.6) is 0 Å². The van der Waals surface area contributed by atoms with Crippen LogP contribution in [0.25, 0.3) is 0 Å². The highest BCUT2D eigenvalue weighted by atomic mass is 32.2. The highest BCUT2D eigenvalue weighted by Gasteiger charge is 2.28. The van der Waals surface area contributed by atoms with Gasteiger partial charge < -0.3 is 10.1 Å². The van der Waals surface area contributed by atoms with Crippen LogP contribution in [0.4, 0.5) is 0 Å². The van der Waals surface area contributed by atoms with Gasteiger partial charge in [-0.2, -0.15) is 11.8 Å². The van der Waals surface area contributed by atoms with Gasteiger partial charge in [-0.05, 0) is 32.4 Å². The fourth-order valence-corrected chi connectivity index (χ4v) is 3.42. The van der Waals surface area contributed by atoms with E-state index in [-0.39, 0.29) is 0 Å². The summed E-state index contributed by atoms with van der Waals surface area (Å²) in [6.45, 7) is 6.61. The first-order valence-corrected chi connectivity index (χ1v) is 7.14. The predicted octanol–water partition coefficient (Wildman–Crippen LogP) is 2.67. The monoisotopic (exact) mass is 231 g/mol. The first kappa shape index (κ1) is 13.3. The third-order valence-electron chi connectivity index (χ3n) is 3.39. The van der Waals surface area contributed by atoms with Crippen LogP contribution in [-0.2, 0) is 4.74 Å². The van der Waals surface area contributed by atoms with E-state index >= 15 is 0 Å². The summed E-state index contributed by atoms with van der Waals surface area (Å²) in [7, 11) is 1.79. The smallest absolute Gasteiger partial charge is 0.0693 e. The van der Waals surface area contributed by atoms with E-state index in [2.05, 4.69) is 37.8 Å². The Morgan fingerprint density at radius 2 is 2.13 bits per heavy atom. The molecule has 0 aromatic rings. The summed E-state index contributed by atoms with van der Waals surface area (Å²) in [5.74, 6) is 1.23. The molecule has 0 radical (unpaired) electrons. The first-order chi connectivity index (χ1) is 7.19. The Kier molecular flexibility index (Phi) is 6.02. The fraction of sp³-hybridized carbons (Fsp3) is 1.00. The second-order valence-electron chi connectivity index (χ2n) is 4.43. The van der Waals surface area contributed by atoms with E-state index in [0.29, 0.717) is 18.2 Å². The highest BCUT2D eigenvalue weighted by molar-refractivity contribution is 7.99. The predicted molar refractivity (Wildman–Crippen MR) is 68.6 cm³/mol. The number of thioether (sulfide) groups is 1. The molecule has 0 aromatic carbocycles. The average molecular weight is 231 g/mol. The minimum atomic E-state index is 0.304. The summed E-state index contributed by atoms with van der Waals surface area (Å²) in [5, 5.41) is 4.54. The van der Waals surface area contributed by atoms with Crippen molar-refractivity contribution in [3.05, 3.63) is 0 Å². The molecule has 1 N–H and O–H groups in total. The molecule has 15 heavy (non-hydrogen) atoms. The first-order valence-electron chi connectivity index (χ1n) is 6.09. The number of hydrogen-bond donors (Lipinski definition) is 1. The van der Waals surface area contributed by atoms with Gasteiger partial charge in [0.05, 0.1) is 6.10 Å². The molecule has 1 saturated carbocycles. The van der Waals surface area contributed by atoms with Crippen LogP contribution in [-0.4, -0.2) is 36.3 Å². The number of rotatable bonds is 6. The third-order valence-corrected chi connectivity index (χ3v) is 4.71. The summed E-state index contributed by atoms with van der Waals surface area (Å²) in [5.41, 5.74) is 0. The number of nitrogens with one attached hydrogen (secondary N) is 1. The van der Waals surface area contributed by atoms with Gasteiger partial charge in [0.15, 0.2) is 0 Å². The van der Waals surface area contributed by atoms with E-state index in [4.69, 9.17) is 4.74 Å². The number of ether oxygens (including phenoxy) is 1. The molecule has 90 valence electrons. The zero-order valence-corrected chi connectivity index (χ0v) is 11.3. The van der Waals surface area contributed by atoms with Gasteiger partial charge in [-0.3, -0.25) is 0 Å². The summed E-state index contributed by atoms with van der Waals surface area (Å²) in [4.78, 5) is 0. The van der Waals surface area contributed by atoms with Gasteiger partial charge in [-0.1, -0.05) is 13.3 Å². The molecular formula is C12H25NOS. The van der Waals surface area contributed by atoms with Gasteiger partial charge in [0.25, 0.3) is 0 Å². The molecule has 0 aliphatic heterocycles. The topological polar surface area (TPSA) is 21.3 Å². The van der Waals surface area contributed by atoms with Gasteiger partial charge in [0.2, 0.25) is 0 Å². The molecule has 1 aliphatic rings. The lowest BCUT2D eigenvalue weighted by Gasteiger charge is -2.27. The second-order valence-corrected chi connectivity index (χ2v) is 5.94. The Morgan fingerprint density at radius 1 is 1.40 bits per heavy atom. The van der Waals surface area contributed by atoms with Gasteiger partial charge in [0.1, 0.15) is 0 Å². The molecule has 0 saturated heterocycles. The Hall–Kier alpha value is 0.270. The second kappa shape index (κ2) is 6.77. The maximum Gasteiger partial charge on any atom is 0.0693 e. The lowest BCUT2D eigenvalue weighted by Crippen LogP contribution is -2.45. The molecular weight excluding hydrogens is 206 g/mol. The summed E-state index contributed by atoms with van der Waals surface area (Å²) < 4.78 is 5.35. The van der Waals surface area contributed by atoms with Crippen LogP contribution >= 0.6 is 11.8 Å². The zero-order valence-electron chi connectivity index (χ0n) is 10.5. The van der Waals surface area contributed by atoms with E-state index < -0.39 is 0 Å². The van der Waals surface area contributed by atoms with Gasteiger partial charge in [-0.25, -0.2) is 0 Å². The van der Waals surface area contributed by atoms with Gasteiger partial charge >= 0.3 is 0 Å². The average Bonchev–Trinajstić information content (AvgIpc) is 2.65. The van der Waals surface area contributed by atoms with Crippen LogP contribution in [0.2, 0.25) is 0 Å². The third kappa shape index (κ3) is 3.97. The maximum atomic E-state index is 5.35. The standard InChI is InChI=1S/C12H25NOS/c1-5-15-12-8-6-7-11(12)13-9(2)10(3)14-4/h9-13H,5-8H2,1-4H3. The molecule has 4 unspecified atom stereocenters. The van der Waals surface area contributed by atoms with E-state index in [9.17, 15) is 0 Å². The van der Waals surface area contributed by atoms with Crippen molar-refractivity contribution in [2.45, 2.75) is 63.5 Å². The summed E-state index contributed by atoms with van der Waals surface area (Å²) in [6, 6.07) is 1.15. The fourth-order valence-electron chi connectivity index (χ4n) is 2.21. The molecule has 1 fully saturated rings. The van der Waals surface area contributed by atoms with Crippen molar-refractivity contribution in [3.8, 4) is 0 Å². The molecule has 0 aromatic heterocycles. The van der Waals surface area contributed by atoms with Crippen molar-refractivity contribution >= 4 is 11.8 Å². The van der Waals surface area contributed by atoms with E-state index in [1.165, 1.54) is 25.0 Å². The Balaban J connectivity index is 2.35. The van der Waals surface area contributed by atoms with E-state index in [1.807, 2.05) is 0 Å². The lowest BCUT2D eigenvalue weighted by atomic mass is 10.1. The van der Waals surface area contributed by atoms with Crippen LogP contribution in [0.1, 0.15) is 40.0 Å². The minimum Gasteiger partial charge on any atom is -0.380 e. The normalized spacial score (nSPS) is 30.4. The van der Waals surface area contributed by atoms with Crippen molar-refractivity contribution in [1.82, 2.24) is 5.32 Å². The van der Waals surface area contributed by atoms with E-state index in [0.717, 1.165) is 5.25 Å². The zero-order chi connectivity index (χ0) is 11.3. The molecule has 4 atom stereocenters.